The molecule has 2 amide bonds. The molecular weight excluding hydrogens is 363 g/mol. The van der Waals surface area contributed by atoms with Crippen molar-refractivity contribution in [3.8, 4) is 0 Å². The molecule has 0 saturated carbocycles. The van der Waals surface area contributed by atoms with Crippen molar-refractivity contribution in [2.24, 2.45) is 0 Å². The van der Waals surface area contributed by atoms with Crippen LogP contribution in [0, 0.1) is 0 Å². The minimum absolute atomic E-state index is 0.162. The Morgan fingerprint density at radius 2 is 1.81 bits per heavy atom. The van der Waals surface area contributed by atoms with Gasteiger partial charge in [-0.25, -0.2) is 0 Å². The molecule has 0 bridgehead atoms. The smallest absolute Gasteiger partial charge is 0.345 e. The number of nitrogens with one attached hydrogen (secondary N) is 1. The number of rotatable bonds is 4. The molecule has 7 nitrogen and oxygen atoms in total. The first-order valence-corrected chi connectivity index (χ1v) is 8.36. The van der Waals surface area contributed by atoms with Crippen LogP contribution in [-0.2, 0) is 10.3 Å². The van der Waals surface area contributed by atoms with E-state index in [0.717, 1.165) is 0 Å². The van der Waals surface area contributed by atoms with Gasteiger partial charge in [0.2, 0.25) is 5.91 Å². The summed E-state index contributed by atoms with van der Waals surface area (Å²) in [5, 5.41) is 6.03. The predicted octanol–water partition coefficient (Wildman–Crippen LogP) is 1.59. The van der Waals surface area contributed by atoms with Crippen LogP contribution >= 0.6 is 0 Å². The second-order valence-corrected chi connectivity index (χ2v) is 6.31. The summed E-state index contributed by atoms with van der Waals surface area (Å²) in [7, 11) is 0. The van der Waals surface area contributed by atoms with Crippen LogP contribution in [0.1, 0.15) is 23.2 Å². The molecule has 0 unspecified atom stereocenters. The molecule has 144 valence electrons. The Bertz CT molecular complexity index is 785. The van der Waals surface area contributed by atoms with Gasteiger partial charge < -0.3 is 10.2 Å². The minimum atomic E-state index is -4.50. The summed E-state index contributed by atoms with van der Waals surface area (Å²) in [6.07, 6.45) is 1.86. The van der Waals surface area contributed by atoms with Gasteiger partial charge in [0.1, 0.15) is 12.1 Å². The molecule has 1 saturated heterocycles. The van der Waals surface area contributed by atoms with E-state index in [2.05, 4.69) is 10.1 Å². The number of pyridine rings is 1. The van der Waals surface area contributed by atoms with Gasteiger partial charge >= 0.3 is 6.18 Å². The Morgan fingerprint density at radius 3 is 2.37 bits per heavy atom. The zero-order valence-electron chi connectivity index (χ0n) is 14.3. The maximum Gasteiger partial charge on any atom is 0.405 e. The number of hydrogen-bond acceptors (Lipinski definition) is 4. The zero-order chi connectivity index (χ0) is 19.5. The first-order chi connectivity index (χ1) is 12.8. The highest BCUT2D eigenvalue weighted by Crippen LogP contribution is 2.31. The molecule has 0 aliphatic carbocycles. The maximum absolute atomic E-state index is 12.6. The lowest BCUT2D eigenvalue weighted by Crippen LogP contribution is -2.57. The number of alkyl halides is 3. The van der Waals surface area contributed by atoms with Gasteiger partial charge in [0.05, 0.1) is 0 Å². The molecular formula is C17H18F3N5O2. The van der Waals surface area contributed by atoms with Crippen molar-refractivity contribution in [3.63, 3.8) is 0 Å². The van der Waals surface area contributed by atoms with E-state index in [9.17, 15) is 22.8 Å². The van der Waals surface area contributed by atoms with Crippen molar-refractivity contribution in [3.05, 3.63) is 48.5 Å². The molecule has 3 heterocycles. The van der Waals surface area contributed by atoms with Crippen LogP contribution in [0.2, 0.25) is 0 Å². The molecule has 27 heavy (non-hydrogen) atoms. The summed E-state index contributed by atoms with van der Waals surface area (Å²) in [6, 6.07) is 4.79. The highest BCUT2D eigenvalue weighted by Gasteiger charge is 2.45. The highest BCUT2D eigenvalue weighted by molar-refractivity contribution is 5.94. The van der Waals surface area contributed by atoms with Gasteiger partial charge in [-0.3, -0.25) is 19.3 Å². The maximum atomic E-state index is 12.6. The Labute approximate surface area is 153 Å². The summed E-state index contributed by atoms with van der Waals surface area (Å²) in [5.41, 5.74) is -0.790. The molecule has 1 aliphatic rings. The van der Waals surface area contributed by atoms with Crippen LogP contribution in [-0.4, -0.2) is 57.3 Å². The topological polar surface area (TPSA) is 80.1 Å². The Morgan fingerprint density at radius 1 is 1.15 bits per heavy atom. The van der Waals surface area contributed by atoms with Crippen LogP contribution in [0.5, 0.6) is 0 Å². The zero-order valence-corrected chi connectivity index (χ0v) is 14.3. The van der Waals surface area contributed by atoms with E-state index >= 15 is 0 Å². The third-order valence-corrected chi connectivity index (χ3v) is 4.62. The largest absolute Gasteiger partial charge is 0.405 e. The van der Waals surface area contributed by atoms with E-state index in [0.29, 0.717) is 5.56 Å². The van der Waals surface area contributed by atoms with Crippen molar-refractivity contribution in [2.75, 3.05) is 19.6 Å². The third kappa shape index (κ3) is 4.09. The molecule has 0 aromatic carbocycles. The lowest BCUT2D eigenvalue weighted by atomic mass is 9.86. The monoisotopic (exact) mass is 381 g/mol. The van der Waals surface area contributed by atoms with Crippen molar-refractivity contribution in [2.45, 2.75) is 24.6 Å². The van der Waals surface area contributed by atoms with Crippen LogP contribution in [0.4, 0.5) is 13.2 Å². The molecule has 0 atom stereocenters. The van der Waals surface area contributed by atoms with Crippen LogP contribution in [0.15, 0.2) is 43.0 Å². The van der Waals surface area contributed by atoms with Crippen LogP contribution < -0.4 is 5.32 Å². The first kappa shape index (κ1) is 18.9. The number of amides is 2. The fraction of sp³-hybridized carbons (Fsp3) is 0.412. The Balaban J connectivity index is 1.75. The van der Waals surface area contributed by atoms with E-state index in [1.54, 1.807) is 29.3 Å². The van der Waals surface area contributed by atoms with Gasteiger partial charge in [0.15, 0.2) is 0 Å². The lowest BCUT2D eigenvalue weighted by molar-refractivity contribution is -0.146. The molecule has 2 aromatic rings. The number of carbonyl (C=O) groups is 2. The molecule has 1 fully saturated rings. The molecule has 3 rings (SSSR count). The number of piperidine rings is 1. The van der Waals surface area contributed by atoms with Crippen molar-refractivity contribution < 1.29 is 22.8 Å². The van der Waals surface area contributed by atoms with E-state index in [-0.39, 0.29) is 31.8 Å². The van der Waals surface area contributed by atoms with Gasteiger partial charge in [0, 0.05) is 43.4 Å². The van der Waals surface area contributed by atoms with Gasteiger partial charge in [-0.15, -0.1) is 0 Å². The van der Waals surface area contributed by atoms with E-state index in [1.165, 1.54) is 23.3 Å². The molecule has 0 spiro atoms. The van der Waals surface area contributed by atoms with Crippen molar-refractivity contribution >= 4 is 11.8 Å². The predicted molar refractivity (Wildman–Crippen MR) is 88.6 cm³/mol. The Hall–Kier alpha value is -2.91. The minimum Gasteiger partial charge on any atom is -0.345 e. The number of carbonyl (C=O) groups excluding carboxylic acids is 2. The lowest BCUT2D eigenvalue weighted by Gasteiger charge is -2.40. The summed E-state index contributed by atoms with van der Waals surface area (Å²) in [6.45, 7) is -0.963. The first-order valence-electron chi connectivity index (χ1n) is 8.36. The molecule has 1 aliphatic heterocycles. The molecule has 0 radical (unpaired) electrons. The number of hydrogen-bond donors (Lipinski definition) is 1. The van der Waals surface area contributed by atoms with Crippen molar-refractivity contribution in [1.82, 2.24) is 25.0 Å². The number of nitrogens with zero attached hydrogens (tertiary/aromatic N) is 4. The van der Waals surface area contributed by atoms with Crippen LogP contribution in [0.3, 0.4) is 0 Å². The standard InChI is InChI=1S/C17H18F3N5O2/c18-17(19,20)12-22-15(27)16(25-9-1-6-23-25)4-10-24(11-5-16)14(26)13-2-7-21-8-3-13/h1-3,6-9H,4-5,10-12H2,(H,22,27). The molecule has 10 heteroatoms. The summed E-state index contributed by atoms with van der Waals surface area (Å²) in [4.78, 5) is 30.6. The summed E-state index contributed by atoms with van der Waals surface area (Å²) in [5.74, 6) is -0.957. The van der Waals surface area contributed by atoms with Gasteiger partial charge in [-0.2, -0.15) is 18.3 Å². The van der Waals surface area contributed by atoms with Gasteiger partial charge in [0.25, 0.3) is 5.91 Å². The van der Waals surface area contributed by atoms with E-state index in [1.807, 2.05) is 5.32 Å². The Kier molecular flexibility index (Phi) is 5.15. The summed E-state index contributed by atoms with van der Waals surface area (Å²) >= 11 is 0. The second-order valence-electron chi connectivity index (χ2n) is 6.31. The fourth-order valence-corrected chi connectivity index (χ4v) is 3.18. The van der Waals surface area contributed by atoms with Gasteiger partial charge in [-0.05, 0) is 31.0 Å². The average molecular weight is 381 g/mol. The normalized spacial score (nSPS) is 16.8. The number of likely N-dealkylation sites (tertiary alicyclic amines) is 1. The fourth-order valence-electron chi connectivity index (χ4n) is 3.18. The van der Waals surface area contributed by atoms with Gasteiger partial charge in [-0.1, -0.05) is 0 Å². The number of halogens is 3. The molecule has 2 aromatic heterocycles. The van der Waals surface area contributed by atoms with Crippen LogP contribution in [0.25, 0.3) is 0 Å². The summed E-state index contributed by atoms with van der Waals surface area (Å²) < 4.78 is 38.9. The quantitative estimate of drug-likeness (QED) is 0.872. The third-order valence-electron chi connectivity index (χ3n) is 4.62. The van der Waals surface area contributed by atoms with E-state index < -0.39 is 24.2 Å². The average Bonchev–Trinajstić information content (AvgIpc) is 3.21. The SMILES string of the molecule is O=C(c1ccncc1)N1CCC(C(=O)NCC(F)(F)F)(n2cccn2)CC1. The highest BCUT2D eigenvalue weighted by atomic mass is 19.4. The van der Waals surface area contributed by atoms with Crippen molar-refractivity contribution in [1.29, 1.82) is 0 Å². The molecule has 1 N–H and O–H groups in total. The number of aromatic nitrogens is 3. The second kappa shape index (κ2) is 7.37. The van der Waals surface area contributed by atoms with E-state index in [4.69, 9.17) is 0 Å².